The van der Waals surface area contributed by atoms with Crippen LogP contribution in [0.15, 0.2) is 72.8 Å². The van der Waals surface area contributed by atoms with Crippen LogP contribution in [0.5, 0.6) is 5.75 Å². The van der Waals surface area contributed by atoms with Crippen molar-refractivity contribution in [2.75, 3.05) is 0 Å². The Bertz CT molecular complexity index is 1050. The van der Waals surface area contributed by atoms with E-state index in [1.54, 1.807) is 13.0 Å². The van der Waals surface area contributed by atoms with Gasteiger partial charge in [0.25, 0.3) is 0 Å². The van der Waals surface area contributed by atoms with Crippen molar-refractivity contribution in [1.29, 1.82) is 0 Å². The van der Waals surface area contributed by atoms with Crippen molar-refractivity contribution in [3.05, 3.63) is 78.4 Å². The highest BCUT2D eigenvalue weighted by Gasteiger charge is 2.42. The molecule has 1 unspecified atom stereocenters. The highest BCUT2D eigenvalue weighted by Crippen LogP contribution is 2.56. The molecule has 2 atom stereocenters. The molecule has 0 heterocycles. The molecule has 0 bridgehead atoms. The molecule has 0 aromatic heterocycles. The number of fused-ring (bicyclic) bond motifs is 1. The lowest BCUT2D eigenvalue weighted by atomic mass is 10.1. The quantitative estimate of drug-likeness (QED) is 0.375. The molecule has 0 aliphatic carbocycles. The van der Waals surface area contributed by atoms with Crippen LogP contribution in [-0.4, -0.2) is 17.2 Å². The minimum absolute atomic E-state index is 0.162. The number of esters is 1. The van der Waals surface area contributed by atoms with Crippen LogP contribution in [0.2, 0.25) is 0 Å². The third kappa shape index (κ3) is 5.10. The van der Waals surface area contributed by atoms with Crippen molar-refractivity contribution in [2.24, 2.45) is 0 Å². The van der Waals surface area contributed by atoms with E-state index in [2.05, 4.69) is 5.09 Å². The second-order valence-electron chi connectivity index (χ2n) is 8.23. The molecule has 1 N–H and O–H groups in total. The third-order valence-electron chi connectivity index (χ3n) is 4.80. The number of benzene rings is 3. The Morgan fingerprint density at radius 3 is 2.30 bits per heavy atom. The molecule has 5 nitrogen and oxygen atoms in total. The van der Waals surface area contributed by atoms with Crippen LogP contribution in [-0.2, 0) is 20.7 Å². The minimum Gasteiger partial charge on any atom is -0.460 e. The summed E-state index contributed by atoms with van der Waals surface area (Å²) >= 11 is 0. The first kappa shape index (κ1) is 22.1. The van der Waals surface area contributed by atoms with E-state index in [1.165, 1.54) is 0 Å². The lowest BCUT2D eigenvalue weighted by Gasteiger charge is -2.33. The lowest BCUT2D eigenvalue weighted by Crippen LogP contribution is -2.39. The van der Waals surface area contributed by atoms with Gasteiger partial charge < -0.3 is 9.26 Å². The summed E-state index contributed by atoms with van der Waals surface area (Å²) in [6.07, 6.45) is 0. The smallest absolute Gasteiger partial charge is 0.323 e. The van der Waals surface area contributed by atoms with Crippen LogP contribution in [0.1, 0.15) is 33.3 Å². The molecule has 0 radical (unpaired) electrons. The van der Waals surface area contributed by atoms with E-state index in [0.29, 0.717) is 5.75 Å². The second kappa shape index (κ2) is 9.03. The van der Waals surface area contributed by atoms with Crippen LogP contribution < -0.4 is 9.61 Å². The largest absolute Gasteiger partial charge is 0.460 e. The van der Waals surface area contributed by atoms with Crippen molar-refractivity contribution >= 4 is 24.3 Å². The Kier molecular flexibility index (Phi) is 6.64. The highest BCUT2D eigenvalue weighted by molar-refractivity contribution is 7.59. The number of ether oxygens (including phenoxy) is 1. The third-order valence-corrected chi connectivity index (χ3v) is 7.75. The van der Waals surface area contributed by atoms with Gasteiger partial charge in [0.1, 0.15) is 18.4 Å². The zero-order valence-corrected chi connectivity index (χ0v) is 18.7. The van der Waals surface area contributed by atoms with Crippen LogP contribution in [0.25, 0.3) is 10.8 Å². The van der Waals surface area contributed by atoms with Gasteiger partial charge in [0.15, 0.2) is 0 Å². The number of hydrogen-bond acceptors (Lipinski definition) is 4. The molecule has 0 aliphatic heterocycles. The fraction of sp³-hybridized carbons (Fsp3) is 0.292. The summed E-state index contributed by atoms with van der Waals surface area (Å²) < 4.78 is 25.4. The Labute approximate surface area is 177 Å². The maximum Gasteiger partial charge on any atom is 0.323 e. The van der Waals surface area contributed by atoms with E-state index >= 15 is 0 Å². The van der Waals surface area contributed by atoms with Crippen LogP contribution >= 0.6 is 7.52 Å². The molecule has 3 aromatic rings. The molecule has 0 saturated heterocycles. The number of rotatable bonds is 7. The first-order chi connectivity index (χ1) is 14.2. The summed E-state index contributed by atoms with van der Waals surface area (Å²) in [4.78, 5) is 12.5. The first-order valence-electron chi connectivity index (χ1n) is 9.95. The molecule has 0 saturated carbocycles. The molecule has 0 amide bonds. The van der Waals surface area contributed by atoms with E-state index in [9.17, 15) is 9.36 Å². The summed E-state index contributed by atoms with van der Waals surface area (Å²) in [5, 5.41) is 4.06. The Hall–Kier alpha value is -2.62. The van der Waals surface area contributed by atoms with E-state index < -0.39 is 24.7 Å². The van der Waals surface area contributed by atoms with Gasteiger partial charge in [-0.25, -0.2) is 5.09 Å². The molecule has 6 heteroatoms. The molecular weight excluding hydrogens is 397 g/mol. The van der Waals surface area contributed by atoms with Crippen molar-refractivity contribution < 1.29 is 18.6 Å². The zero-order chi connectivity index (χ0) is 21.8. The summed E-state index contributed by atoms with van der Waals surface area (Å²) in [7, 11) is -3.49. The van der Waals surface area contributed by atoms with Crippen LogP contribution in [0.4, 0.5) is 0 Å². The van der Waals surface area contributed by atoms with Gasteiger partial charge in [-0.3, -0.25) is 9.36 Å². The van der Waals surface area contributed by atoms with Gasteiger partial charge in [0.05, 0.1) is 5.16 Å². The number of carbonyl (C=O) groups excluding carboxylic acids is 1. The van der Waals surface area contributed by atoms with Gasteiger partial charge in [-0.05, 0) is 44.7 Å². The summed E-state index contributed by atoms with van der Waals surface area (Å²) in [5.74, 6) is 0.0357. The number of carbonyl (C=O) groups is 1. The maximum atomic E-state index is 13.9. The normalized spacial score (nSPS) is 14.7. The fourth-order valence-electron chi connectivity index (χ4n) is 2.93. The number of hydrogen-bond donors (Lipinski definition) is 1. The average molecular weight is 425 g/mol. The minimum atomic E-state index is -3.49. The predicted molar refractivity (Wildman–Crippen MR) is 121 cm³/mol. The molecule has 0 aliphatic rings. The van der Waals surface area contributed by atoms with Crippen molar-refractivity contribution in [3.63, 3.8) is 0 Å². The van der Waals surface area contributed by atoms with Gasteiger partial charge in [-0.2, -0.15) is 0 Å². The van der Waals surface area contributed by atoms with Gasteiger partial charge in [-0.15, -0.1) is 0 Å². The van der Waals surface area contributed by atoms with Crippen molar-refractivity contribution in [1.82, 2.24) is 5.09 Å². The van der Waals surface area contributed by atoms with Gasteiger partial charge >= 0.3 is 13.5 Å². The maximum absolute atomic E-state index is 13.9. The fourth-order valence-corrected chi connectivity index (χ4v) is 4.70. The Morgan fingerprint density at radius 1 is 0.967 bits per heavy atom. The SMILES string of the molecule is C[C@@H](NP(=O)(Oc1cccc2ccccc12)C(C)(C)C)C(=O)OCc1ccccc1. The molecule has 3 aromatic carbocycles. The highest BCUT2D eigenvalue weighted by atomic mass is 31.2. The second-order valence-corrected chi connectivity index (χ2v) is 11.1. The zero-order valence-electron chi connectivity index (χ0n) is 17.8. The molecule has 0 spiro atoms. The number of nitrogens with one attached hydrogen (secondary N) is 1. The van der Waals surface area contributed by atoms with Crippen LogP contribution in [0.3, 0.4) is 0 Å². The van der Waals surface area contributed by atoms with Gasteiger partial charge in [-0.1, -0.05) is 66.7 Å². The van der Waals surface area contributed by atoms with E-state index in [1.807, 2.05) is 87.5 Å². The Morgan fingerprint density at radius 2 is 1.60 bits per heavy atom. The van der Waals surface area contributed by atoms with Crippen LogP contribution in [0, 0.1) is 0 Å². The van der Waals surface area contributed by atoms with Gasteiger partial charge in [0.2, 0.25) is 0 Å². The standard InChI is InChI=1S/C24H28NO4P/c1-18(23(26)28-17-19-11-6-5-7-12-19)25-30(27,24(2,3)4)29-22-16-10-14-20-13-8-9-15-21(20)22/h5-16,18H,17H2,1-4H3,(H,25,27)/t18-,30?/m1/s1. The van der Waals surface area contributed by atoms with E-state index in [-0.39, 0.29) is 6.61 Å². The topological polar surface area (TPSA) is 64.6 Å². The molecular formula is C24H28NO4P. The lowest BCUT2D eigenvalue weighted by molar-refractivity contribution is -0.146. The molecule has 3 rings (SSSR count). The molecule has 30 heavy (non-hydrogen) atoms. The Balaban J connectivity index is 1.78. The van der Waals surface area contributed by atoms with Crippen molar-refractivity contribution in [2.45, 2.75) is 45.5 Å². The van der Waals surface area contributed by atoms with Crippen molar-refractivity contribution in [3.8, 4) is 5.75 Å². The molecule has 0 fully saturated rings. The van der Waals surface area contributed by atoms with Gasteiger partial charge in [0, 0.05) is 5.39 Å². The predicted octanol–water partition coefficient (Wildman–Crippen LogP) is 5.93. The summed E-state index contributed by atoms with van der Waals surface area (Å²) in [6.45, 7) is 7.28. The van der Waals surface area contributed by atoms with E-state index in [4.69, 9.17) is 9.26 Å². The summed E-state index contributed by atoms with van der Waals surface area (Å²) in [6, 6.07) is 22.0. The average Bonchev–Trinajstić information content (AvgIpc) is 2.72. The first-order valence-corrected chi connectivity index (χ1v) is 11.6. The summed E-state index contributed by atoms with van der Waals surface area (Å²) in [5.41, 5.74) is 0.893. The van der Waals surface area contributed by atoms with E-state index in [0.717, 1.165) is 16.3 Å². The monoisotopic (exact) mass is 425 g/mol. The molecule has 158 valence electrons.